The van der Waals surface area contributed by atoms with E-state index < -0.39 is 0 Å². The van der Waals surface area contributed by atoms with Crippen molar-refractivity contribution in [2.75, 3.05) is 31.5 Å². The van der Waals surface area contributed by atoms with Crippen molar-refractivity contribution in [1.82, 2.24) is 20.1 Å². The molecule has 0 spiro atoms. The predicted octanol–water partition coefficient (Wildman–Crippen LogP) is 5.32. The summed E-state index contributed by atoms with van der Waals surface area (Å²) >= 11 is 0. The SMILES string of the molecule is Cc1[nH]c(/C=C2\C(=O)Nc3ccc(C(=O)N[C@H](C)c4ccccc4)cc32)c(C)c1C(=O)N1CCC[C@H]1CN1CCCC1. The van der Waals surface area contributed by atoms with Gasteiger partial charge < -0.3 is 25.4 Å². The third-order valence-electron chi connectivity index (χ3n) is 9.00. The summed E-state index contributed by atoms with van der Waals surface area (Å²) in [6, 6.07) is 15.1. The molecule has 2 aromatic carbocycles. The van der Waals surface area contributed by atoms with Gasteiger partial charge in [-0.2, -0.15) is 0 Å². The first-order valence-corrected chi connectivity index (χ1v) is 15.1. The fraction of sp³-hybridized carbons (Fsp3) is 0.382. The highest BCUT2D eigenvalue weighted by Crippen LogP contribution is 2.35. The second-order valence-electron chi connectivity index (χ2n) is 11.8. The lowest BCUT2D eigenvalue weighted by Gasteiger charge is -2.28. The Bertz CT molecular complexity index is 1550. The molecule has 0 saturated carbocycles. The van der Waals surface area contributed by atoms with E-state index in [2.05, 4.69) is 25.4 Å². The molecule has 42 heavy (non-hydrogen) atoms. The molecular formula is C34H39N5O3. The second kappa shape index (κ2) is 11.6. The number of rotatable bonds is 7. The zero-order chi connectivity index (χ0) is 29.4. The Morgan fingerprint density at radius 3 is 2.57 bits per heavy atom. The van der Waals surface area contributed by atoms with Gasteiger partial charge in [0.05, 0.1) is 17.2 Å². The summed E-state index contributed by atoms with van der Waals surface area (Å²) in [6.45, 7) is 9.78. The number of aryl methyl sites for hydroxylation is 1. The number of likely N-dealkylation sites (tertiary alicyclic amines) is 2. The van der Waals surface area contributed by atoms with Crippen molar-refractivity contribution >= 4 is 35.1 Å². The number of fused-ring (bicyclic) bond motifs is 1. The molecule has 3 aliphatic rings. The van der Waals surface area contributed by atoms with E-state index >= 15 is 0 Å². The van der Waals surface area contributed by atoms with Crippen LogP contribution in [0, 0.1) is 13.8 Å². The number of hydrogen-bond donors (Lipinski definition) is 3. The summed E-state index contributed by atoms with van der Waals surface area (Å²) < 4.78 is 0. The smallest absolute Gasteiger partial charge is 0.256 e. The van der Waals surface area contributed by atoms with Crippen LogP contribution in [-0.2, 0) is 4.79 Å². The number of aromatic nitrogens is 1. The van der Waals surface area contributed by atoms with Gasteiger partial charge in [-0.1, -0.05) is 30.3 Å². The van der Waals surface area contributed by atoms with Crippen LogP contribution in [-0.4, -0.2) is 64.7 Å². The number of nitrogens with one attached hydrogen (secondary N) is 3. The molecule has 0 unspecified atom stereocenters. The van der Waals surface area contributed by atoms with Gasteiger partial charge in [0.25, 0.3) is 17.7 Å². The average molecular weight is 566 g/mol. The van der Waals surface area contributed by atoms with Crippen LogP contribution in [0.5, 0.6) is 0 Å². The number of H-pyrrole nitrogens is 1. The number of carbonyl (C=O) groups excluding carboxylic acids is 3. The zero-order valence-corrected chi connectivity index (χ0v) is 24.6. The van der Waals surface area contributed by atoms with Gasteiger partial charge in [-0.25, -0.2) is 0 Å². The molecule has 2 atom stereocenters. The Balaban J connectivity index is 1.24. The van der Waals surface area contributed by atoms with Gasteiger partial charge in [-0.15, -0.1) is 0 Å². The lowest BCUT2D eigenvalue weighted by Crippen LogP contribution is -2.42. The number of carbonyl (C=O) groups is 3. The molecule has 1 aromatic heterocycles. The molecule has 3 aliphatic heterocycles. The van der Waals surface area contributed by atoms with E-state index in [1.165, 1.54) is 12.8 Å². The van der Waals surface area contributed by atoms with E-state index in [-0.39, 0.29) is 29.8 Å². The third kappa shape index (κ3) is 5.39. The summed E-state index contributed by atoms with van der Waals surface area (Å²) in [5.41, 5.74) is 6.36. The molecule has 2 saturated heterocycles. The fourth-order valence-electron chi connectivity index (χ4n) is 6.66. The van der Waals surface area contributed by atoms with E-state index in [1.807, 2.05) is 51.1 Å². The minimum absolute atomic E-state index is 0.0652. The van der Waals surface area contributed by atoms with Crippen molar-refractivity contribution in [3.8, 4) is 0 Å². The Morgan fingerprint density at radius 2 is 1.81 bits per heavy atom. The van der Waals surface area contributed by atoms with E-state index in [1.54, 1.807) is 24.3 Å². The van der Waals surface area contributed by atoms with Gasteiger partial charge >= 0.3 is 0 Å². The summed E-state index contributed by atoms with van der Waals surface area (Å²) in [4.78, 5) is 47.9. The number of aromatic amines is 1. The van der Waals surface area contributed by atoms with Crippen LogP contribution in [0.4, 0.5) is 5.69 Å². The molecule has 0 aliphatic carbocycles. The molecule has 8 nitrogen and oxygen atoms in total. The van der Waals surface area contributed by atoms with Gasteiger partial charge in [-0.3, -0.25) is 14.4 Å². The van der Waals surface area contributed by atoms with Crippen molar-refractivity contribution < 1.29 is 14.4 Å². The Labute approximate surface area is 247 Å². The van der Waals surface area contributed by atoms with Crippen molar-refractivity contribution in [3.05, 3.63) is 87.7 Å². The minimum Gasteiger partial charge on any atom is -0.358 e. The molecule has 4 heterocycles. The van der Waals surface area contributed by atoms with Crippen LogP contribution < -0.4 is 10.6 Å². The first-order chi connectivity index (χ1) is 20.3. The van der Waals surface area contributed by atoms with Crippen LogP contribution in [0.15, 0.2) is 48.5 Å². The topological polar surface area (TPSA) is 97.5 Å². The Hall–Kier alpha value is -4.17. The van der Waals surface area contributed by atoms with Crippen LogP contribution >= 0.6 is 0 Å². The van der Waals surface area contributed by atoms with E-state index in [0.717, 1.165) is 61.5 Å². The largest absolute Gasteiger partial charge is 0.358 e. The molecule has 6 rings (SSSR count). The lowest BCUT2D eigenvalue weighted by atomic mass is 10.0. The zero-order valence-electron chi connectivity index (χ0n) is 24.6. The molecule has 218 valence electrons. The van der Waals surface area contributed by atoms with Crippen molar-refractivity contribution in [2.45, 2.75) is 58.5 Å². The van der Waals surface area contributed by atoms with Crippen LogP contribution in [0.2, 0.25) is 0 Å². The summed E-state index contributed by atoms with van der Waals surface area (Å²) in [6.07, 6.45) is 6.36. The number of amides is 3. The number of benzene rings is 2. The van der Waals surface area contributed by atoms with Gasteiger partial charge in [-0.05, 0) is 94.9 Å². The second-order valence-corrected chi connectivity index (χ2v) is 11.8. The van der Waals surface area contributed by atoms with Crippen LogP contribution in [0.25, 0.3) is 11.6 Å². The molecule has 2 fully saturated rings. The fourth-order valence-corrected chi connectivity index (χ4v) is 6.66. The quantitative estimate of drug-likeness (QED) is 0.338. The maximum atomic E-state index is 13.8. The minimum atomic E-state index is -0.232. The van der Waals surface area contributed by atoms with Gasteiger partial charge in [0.15, 0.2) is 0 Å². The first kappa shape index (κ1) is 28.0. The van der Waals surface area contributed by atoms with E-state index in [4.69, 9.17) is 0 Å². The summed E-state index contributed by atoms with van der Waals surface area (Å²) in [7, 11) is 0. The Kier molecular flexibility index (Phi) is 7.73. The summed E-state index contributed by atoms with van der Waals surface area (Å²) in [5, 5.41) is 5.97. The highest BCUT2D eigenvalue weighted by molar-refractivity contribution is 6.35. The monoisotopic (exact) mass is 565 g/mol. The van der Waals surface area contributed by atoms with E-state index in [0.29, 0.717) is 28.0 Å². The molecule has 8 heteroatoms. The molecular weight excluding hydrogens is 526 g/mol. The number of nitrogens with zero attached hydrogens (tertiary/aromatic N) is 2. The average Bonchev–Trinajstić information content (AvgIpc) is 3.78. The molecule has 3 amide bonds. The predicted molar refractivity (Wildman–Crippen MR) is 165 cm³/mol. The van der Waals surface area contributed by atoms with Crippen LogP contribution in [0.3, 0.4) is 0 Å². The van der Waals surface area contributed by atoms with Crippen molar-refractivity contribution in [3.63, 3.8) is 0 Å². The standard InChI is InChI=1S/C34H39N5O3/c1-21-30(35-23(3)31(21)34(42)39-17-9-12-26(39)20-38-15-7-8-16-38)19-28-27-18-25(13-14-29(27)37-33(28)41)32(40)36-22(2)24-10-5-4-6-11-24/h4-6,10-11,13-14,18-19,22,26,35H,7-9,12,15-17,20H2,1-3H3,(H,36,40)(H,37,41)/b28-19-/t22-,26+/m1/s1. The molecule has 0 bridgehead atoms. The maximum Gasteiger partial charge on any atom is 0.256 e. The van der Waals surface area contributed by atoms with Gasteiger partial charge in [0.2, 0.25) is 0 Å². The number of hydrogen-bond acceptors (Lipinski definition) is 4. The third-order valence-corrected chi connectivity index (χ3v) is 9.00. The highest BCUT2D eigenvalue weighted by Gasteiger charge is 2.34. The number of anilines is 1. The van der Waals surface area contributed by atoms with Crippen molar-refractivity contribution in [1.29, 1.82) is 0 Å². The summed E-state index contributed by atoms with van der Waals surface area (Å²) in [5.74, 6) is -0.373. The highest BCUT2D eigenvalue weighted by atomic mass is 16.2. The van der Waals surface area contributed by atoms with Gasteiger partial charge in [0, 0.05) is 47.3 Å². The van der Waals surface area contributed by atoms with Crippen molar-refractivity contribution in [2.24, 2.45) is 0 Å². The van der Waals surface area contributed by atoms with Gasteiger partial charge in [0.1, 0.15) is 0 Å². The van der Waals surface area contributed by atoms with Crippen LogP contribution in [0.1, 0.15) is 87.4 Å². The molecule has 3 aromatic rings. The molecule has 3 N–H and O–H groups in total. The first-order valence-electron chi connectivity index (χ1n) is 15.1. The van der Waals surface area contributed by atoms with E-state index in [9.17, 15) is 14.4 Å². The maximum absolute atomic E-state index is 13.8. The Morgan fingerprint density at radius 1 is 1.05 bits per heavy atom. The normalized spacial score (nSPS) is 20.2. The lowest BCUT2D eigenvalue weighted by molar-refractivity contribution is -0.110. The molecule has 0 radical (unpaired) electrons.